The first-order valence-corrected chi connectivity index (χ1v) is 7.80. The van der Waals surface area contributed by atoms with E-state index >= 15 is 0 Å². The van der Waals surface area contributed by atoms with Crippen molar-refractivity contribution < 1.29 is 22.5 Å². The van der Waals surface area contributed by atoms with E-state index in [0.29, 0.717) is 29.9 Å². The molecule has 0 bridgehead atoms. The molecular formula is C17H20F3N3O2. The lowest BCUT2D eigenvalue weighted by atomic mass is 10.0. The first-order chi connectivity index (χ1) is 11.8. The van der Waals surface area contributed by atoms with Crippen molar-refractivity contribution in [1.82, 2.24) is 15.4 Å². The lowest BCUT2D eigenvalue weighted by Gasteiger charge is -2.10. The summed E-state index contributed by atoms with van der Waals surface area (Å²) in [5.74, 6) is 0.288. The quantitative estimate of drug-likeness (QED) is 0.830. The predicted molar refractivity (Wildman–Crippen MR) is 86.8 cm³/mol. The molecule has 1 N–H and O–H groups in total. The monoisotopic (exact) mass is 355 g/mol. The minimum atomic E-state index is -4.38. The largest absolute Gasteiger partial charge is 0.416 e. The molecule has 0 spiro atoms. The maximum atomic E-state index is 12.6. The number of likely N-dealkylation sites (N-methyl/N-ethyl adjacent to an activating group) is 1. The van der Waals surface area contributed by atoms with Crippen molar-refractivity contribution in [2.45, 2.75) is 19.0 Å². The van der Waals surface area contributed by atoms with Gasteiger partial charge in [0.2, 0.25) is 5.91 Å². The summed E-state index contributed by atoms with van der Waals surface area (Å²) < 4.78 is 43.0. The van der Waals surface area contributed by atoms with Gasteiger partial charge in [-0.2, -0.15) is 13.2 Å². The van der Waals surface area contributed by atoms with Crippen molar-refractivity contribution in [2.75, 3.05) is 27.2 Å². The van der Waals surface area contributed by atoms with Crippen LogP contribution in [0.15, 0.2) is 35.0 Å². The van der Waals surface area contributed by atoms with Gasteiger partial charge in [0.1, 0.15) is 0 Å². The van der Waals surface area contributed by atoms with Gasteiger partial charge in [-0.3, -0.25) is 4.79 Å². The average Bonchev–Trinajstić information content (AvgIpc) is 3.00. The summed E-state index contributed by atoms with van der Waals surface area (Å²) in [5, 5.41) is 6.50. The van der Waals surface area contributed by atoms with Crippen LogP contribution in [-0.2, 0) is 17.4 Å². The zero-order chi connectivity index (χ0) is 18.4. The molecule has 0 saturated heterocycles. The Morgan fingerprint density at radius 1 is 1.24 bits per heavy atom. The maximum Gasteiger partial charge on any atom is 0.416 e. The number of nitrogens with zero attached hydrogens (tertiary/aromatic N) is 2. The molecule has 1 amide bonds. The number of alkyl halides is 3. The van der Waals surface area contributed by atoms with Crippen LogP contribution in [0.3, 0.4) is 0 Å². The van der Waals surface area contributed by atoms with Crippen LogP contribution in [-0.4, -0.2) is 43.1 Å². The van der Waals surface area contributed by atoms with Crippen LogP contribution in [0.4, 0.5) is 13.2 Å². The maximum absolute atomic E-state index is 12.6. The molecule has 0 saturated carbocycles. The van der Waals surface area contributed by atoms with Crippen LogP contribution in [0.2, 0.25) is 0 Å². The third-order valence-electron chi connectivity index (χ3n) is 3.62. The van der Waals surface area contributed by atoms with Crippen molar-refractivity contribution in [3.05, 3.63) is 41.6 Å². The van der Waals surface area contributed by atoms with Crippen molar-refractivity contribution >= 4 is 5.91 Å². The van der Waals surface area contributed by atoms with Crippen molar-refractivity contribution in [3.63, 3.8) is 0 Å². The smallest absolute Gasteiger partial charge is 0.356 e. The summed E-state index contributed by atoms with van der Waals surface area (Å²) in [6, 6.07) is 4.67. The molecule has 5 nitrogen and oxygen atoms in total. The Hall–Kier alpha value is -2.35. The lowest BCUT2D eigenvalue weighted by Crippen LogP contribution is -2.31. The normalized spacial score (nSPS) is 11.8. The van der Waals surface area contributed by atoms with Crippen LogP contribution in [0.5, 0.6) is 0 Å². The van der Waals surface area contributed by atoms with Gasteiger partial charge in [0.25, 0.3) is 0 Å². The first kappa shape index (κ1) is 19.0. The number of hydrogen-bond acceptors (Lipinski definition) is 4. The molecule has 136 valence electrons. The molecule has 8 heteroatoms. The number of benzene rings is 1. The van der Waals surface area contributed by atoms with Crippen LogP contribution >= 0.6 is 0 Å². The fourth-order valence-electron chi connectivity index (χ4n) is 2.24. The third-order valence-corrected chi connectivity index (χ3v) is 3.62. The average molecular weight is 355 g/mol. The minimum absolute atomic E-state index is 0.0959. The molecule has 2 aromatic rings. The highest BCUT2D eigenvalue weighted by atomic mass is 19.4. The molecule has 1 aromatic heterocycles. The van der Waals surface area contributed by atoms with Crippen molar-refractivity contribution in [2.24, 2.45) is 0 Å². The van der Waals surface area contributed by atoms with Gasteiger partial charge in [0, 0.05) is 30.6 Å². The number of nitrogens with one attached hydrogen (secondary N) is 1. The van der Waals surface area contributed by atoms with E-state index in [4.69, 9.17) is 4.52 Å². The number of amides is 1. The van der Waals surface area contributed by atoms with E-state index in [2.05, 4.69) is 10.5 Å². The summed E-state index contributed by atoms with van der Waals surface area (Å²) in [6.45, 7) is 1.30. The van der Waals surface area contributed by atoms with Crippen molar-refractivity contribution in [3.8, 4) is 11.3 Å². The van der Waals surface area contributed by atoms with Gasteiger partial charge in [-0.05, 0) is 32.6 Å². The first-order valence-electron chi connectivity index (χ1n) is 7.80. The molecule has 1 aromatic carbocycles. The van der Waals surface area contributed by atoms with Gasteiger partial charge < -0.3 is 14.7 Å². The molecule has 0 aliphatic heterocycles. The predicted octanol–water partition coefficient (Wildman–Crippen LogP) is 2.97. The zero-order valence-corrected chi connectivity index (χ0v) is 14.1. The Balaban J connectivity index is 1.97. The van der Waals surface area contributed by atoms with Crippen LogP contribution in [0, 0.1) is 0 Å². The summed E-state index contributed by atoms with van der Waals surface area (Å²) >= 11 is 0. The van der Waals surface area contributed by atoms with Gasteiger partial charge in [-0.15, -0.1) is 0 Å². The van der Waals surface area contributed by atoms with E-state index in [0.717, 1.165) is 18.7 Å². The topological polar surface area (TPSA) is 58.4 Å². The Morgan fingerprint density at radius 2 is 1.92 bits per heavy atom. The van der Waals surface area contributed by atoms with Crippen LogP contribution in [0.25, 0.3) is 11.3 Å². The van der Waals surface area contributed by atoms with E-state index in [1.54, 1.807) is 0 Å². The number of rotatable bonds is 7. The lowest BCUT2D eigenvalue weighted by molar-refractivity contribution is -0.137. The number of aryl methyl sites for hydroxylation is 1. The van der Waals surface area contributed by atoms with E-state index in [1.165, 1.54) is 18.3 Å². The Labute approximate surface area is 143 Å². The highest BCUT2D eigenvalue weighted by Crippen LogP contribution is 2.32. The number of halogens is 3. The fourth-order valence-corrected chi connectivity index (χ4v) is 2.24. The molecule has 0 unspecified atom stereocenters. The van der Waals surface area contributed by atoms with Gasteiger partial charge >= 0.3 is 6.18 Å². The van der Waals surface area contributed by atoms with Gasteiger partial charge in [-0.1, -0.05) is 17.3 Å². The Kier molecular flexibility index (Phi) is 6.19. The number of aromatic nitrogens is 1. The summed E-state index contributed by atoms with van der Waals surface area (Å²) in [6.07, 6.45) is -2.25. The summed E-state index contributed by atoms with van der Waals surface area (Å²) in [7, 11) is 3.83. The number of carbonyl (C=O) groups excluding carboxylic acids is 1. The number of hydrogen-bond donors (Lipinski definition) is 1. The molecule has 0 aliphatic rings. The van der Waals surface area contributed by atoms with E-state index in [-0.39, 0.29) is 12.3 Å². The molecule has 0 aliphatic carbocycles. The van der Waals surface area contributed by atoms with Gasteiger partial charge in [0.15, 0.2) is 5.76 Å². The van der Waals surface area contributed by atoms with Gasteiger partial charge in [-0.25, -0.2) is 0 Å². The van der Waals surface area contributed by atoms with Crippen LogP contribution in [0.1, 0.15) is 17.5 Å². The van der Waals surface area contributed by atoms with Gasteiger partial charge in [0.05, 0.1) is 11.8 Å². The van der Waals surface area contributed by atoms with E-state index in [9.17, 15) is 18.0 Å². The molecular weight excluding hydrogens is 335 g/mol. The van der Waals surface area contributed by atoms with E-state index < -0.39 is 11.7 Å². The minimum Gasteiger partial charge on any atom is -0.356 e. The highest BCUT2D eigenvalue weighted by Gasteiger charge is 2.30. The highest BCUT2D eigenvalue weighted by molar-refractivity contribution is 5.76. The second kappa shape index (κ2) is 8.15. The molecule has 2 rings (SSSR count). The second-order valence-electron chi connectivity index (χ2n) is 5.91. The summed E-state index contributed by atoms with van der Waals surface area (Å²) in [5.41, 5.74) is 0.452. The fraction of sp³-hybridized carbons (Fsp3) is 0.412. The number of carbonyl (C=O) groups is 1. The third kappa shape index (κ3) is 5.60. The molecule has 25 heavy (non-hydrogen) atoms. The van der Waals surface area contributed by atoms with Crippen LogP contribution < -0.4 is 5.32 Å². The Morgan fingerprint density at radius 3 is 2.52 bits per heavy atom. The molecule has 1 heterocycles. The Bertz CT molecular complexity index is 694. The van der Waals surface area contributed by atoms with Crippen molar-refractivity contribution in [1.29, 1.82) is 0 Å². The standard InChI is InChI=1S/C17H20F3N3O2/c1-23(2)10-9-21-15(24)8-5-13-11-22-25-16(13)12-3-6-14(7-4-12)17(18,19)20/h3-4,6-7,11H,5,8-10H2,1-2H3,(H,21,24). The SMILES string of the molecule is CN(C)CCNC(=O)CCc1cnoc1-c1ccc(C(F)(F)F)cc1. The molecule has 0 atom stereocenters. The molecule has 0 fully saturated rings. The second-order valence-corrected chi connectivity index (χ2v) is 5.91. The summed E-state index contributed by atoms with van der Waals surface area (Å²) in [4.78, 5) is 13.8. The molecule has 0 radical (unpaired) electrons. The van der Waals surface area contributed by atoms with E-state index in [1.807, 2.05) is 19.0 Å². The zero-order valence-electron chi connectivity index (χ0n) is 14.1.